The minimum atomic E-state index is -0.268. The van der Waals surface area contributed by atoms with Crippen LogP contribution in [-0.2, 0) is 9.53 Å². The molecule has 1 N–H and O–H groups in total. The summed E-state index contributed by atoms with van der Waals surface area (Å²) in [5.74, 6) is -0.190. The zero-order chi connectivity index (χ0) is 12.0. The Hall–Kier alpha value is -0.780. The molecule has 1 atom stereocenters. The van der Waals surface area contributed by atoms with Gasteiger partial charge in [-0.3, -0.25) is 0 Å². The number of esters is 1. The molecule has 0 bridgehead atoms. The van der Waals surface area contributed by atoms with E-state index in [1.165, 1.54) is 0 Å². The third kappa shape index (κ3) is 3.66. The summed E-state index contributed by atoms with van der Waals surface area (Å²) in [6, 6.07) is 7.61. The lowest BCUT2D eigenvalue weighted by Gasteiger charge is -2.17. The first-order chi connectivity index (χ1) is 7.69. The molecule has 0 aliphatic heterocycles. The SMILES string of the molecule is CCOC(=O)C(CC)Nc1ccccc1I. The molecule has 0 aromatic heterocycles. The Balaban J connectivity index is 2.70. The predicted octanol–water partition coefficient (Wildman–Crippen LogP) is 3.04. The quantitative estimate of drug-likeness (QED) is 0.665. The fourth-order valence-electron chi connectivity index (χ4n) is 1.34. The lowest BCUT2D eigenvalue weighted by molar-refractivity contribution is -0.144. The fraction of sp³-hybridized carbons (Fsp3) is 0.417. The first-order valence-corrected chi connectivity index (χ1v) is 6.44. The monoisotopic (exact) mass is 333 g/mol. The van der Waals surface area contributed by atoms with Crippen molar-refractivity contribution >= 4 is 34.2 Å². The minimum absolute atomic E-state index is 0.190. The average Bonchev–Trinajstić information content (AvgIpc) is 2.28. The van der Waals surface area contributed by atoms with Gasteiger partial charge in [0.05, 0.1) is 6.61 Å². The largest absolute Gasteiger partial charge is 0.464 e. The van der Waals surface area contributed by atoms with Crippen molar-refractivity contribution < 1.29 is 9.53 Å². The molecule has 0 saturated carbocycles. The molecule has 1 aromatic carbocycles. The Bertz CT molecular complexity index is 355. The van der Waals surface area contributed by atoms with E-state index in [-0.39, 0.29) is 12.0 Å². The maximum atomic E-state index is 11.6. The second-order valence-electron chi connectivity index (χ2n) is 3.34. The summed E-state index contributed by atoms with van der Waals surface area (Å²) in [5.41, 5.74) is 0.975. The zero-order valence-corrected chi connectivity index (χ0v) is 11.7. The summed E-state index contributed by atoms with van der Waals surface area (Å²) in [5, 5.41) is 3.20. The molecule has 0 fully saturated rings. The van der Waals surface area contributed by atoms with E-state index in [4.69, 9.17) is 4.74 Å². The Kier molecular flexibility index (Phi) is 5.59. The normalized spacial score (nSPS) is 11.9. The van der Waals surface area contributed by atoms with Crippen molar-refractivity contribution in [3.05, 3.63) is 27.8 Å². The van der Waals surface area contributed by atoms with E-state index in [0.717, 1.165) is 9.26 Å². The molecule has 0 amide bonds. The second-order valence-corrected chi connectivity index (χ2v) is 4.50. The van der Waals surface area contributed by atoms with Crippen LogP contribution >= 0.6 is 22.6 Å². The van der Waals surface area contributed by atoms with Crippen LogP contribution < -0.4 is 5.32 Å². The van der Waals surface area contributed by atoms with Gasteiger partial charge < -0.3 is 10.1 Å². The number of ether oxygens (including phenoxy) is 1. The topological polar surface area (TPSA) is 38.3 Å². The molecular formula is C12H16INO2. The van der Waals surface area contributed by atoms with E-state index in [1.54, 1.807) is 0 Å². The molecule has 1 aromatic rings. The number of hydrogen-bond acceptors (Lipinski definition) is 3. The molecule has 0 heterocycles. The summed E-state index contributed by atoms with van der Waals surface area (Å²) in [6.45, 7) is 4.20. The number of carbonyl (C=O) groups excluding carboxylic acids is 1. The van der Waals surface area contributed by atoms with Crippen LogP contribution in [0.3, 0.4) is 0 Å². The summed E-state index contributed by atoms with van der Waals surface area (Å²) < 4.78 is 6.10. The highest BCUT2D eigenvalue weighted by molar-refractivity contribution is 14.1. The molecule has 1 rings (SSSR count). The smallest absolute Gasteiger partial charge is 0.328 e. The van der Waals surface area contributed by atoms with Gasteiger partial charge in [-0.2, -0.15) is 0 Å². The molecule has 16 heavy (non-hydrogen) atoms. The van der Waals surface area contributed by atoms with Crippen LogP contribution in [0.5, 0.6) is 0 Å². The Labute approximate surface area is 110 Å². The van der Waals surface area contributed by atoms with E-state index in [2.05, 4.69) is 27.9 Å². The van der Waals surface area contributed by atoms with Gasteiger partial charge in [0.2, 0.25) is 0 Å². The van der Waals surface area contributed by atoms with Crippen LogP contribution in [0.25, 0.3) is 0 Å². The van der Waals surface area contributed by atoms with Crippen molar-refractivity contribution in [3.8, 4) is 0 Å². The number of para-hydroxylation sites is 1. The van der Waals surface area contributed by atoms with Gasteiger partial charge in [0.25, 0.3) is 0 Å². The van der Waals surface area contributed by atoms with Crippen molar-refractivity contribution in [2.45, 2.75) is 26.3 Å². The molecule has 4 heteroatoms. The van der Waals surface area contributed by atoms with Crippen molar-refractivity contribution in [2.24, 2.45) is 0 Å². The van der Waals surface area contributed by atoms with E-state index in [9.17, 15) is 4.79 Å². The first kappa shape index (κ1) is 13.3. The number of rotatable bonds is 5. The van der Waals surface area contributed by atoms with Crippen LogP contribution in [0, 0.1) is 3.57 Å². The zero-order valence-electron chi connectivity index (χ0n) is 9.50. The number of nitrogens with one attached hydrogen (secondary N) is 1. The van der Waals surface area contributed by atoms with E-state index >= 15 is 0 Å². The van der Waals surface area contributed by atoms with Crippen LogP contribution in [0.2, 0.25) is 0 Å². The number of hydrogen-bond donors (Lipinski definition) is 1. The minimum Gasteiger partial charge on any atom is -0.464 e. The van der Waals surface area contributed by atoms with Crippen LogP contribution in [0.15, 0.2) is 24.3 Å². The van der Waals surface area contributed by atoms with Crippen LogP contribution in [-0.4, -0.2) is 18.6 Å². The van der Waals surface area contributed by atoms with Crippen molar-refractivity contribution in [3.63, 3.8) is 0 Å². The molecule has 0 spiro atoms. The lowest BCUT2D eigenvalue weighted by Crippen LogP contribution is -2.30. The molecule has 3 nitrogen and oxygen atoms in total. The van der Waals surface area contributed by atoms with Crippen molar-refractivity contribution in [1.82, 2.24) is 0 Å². The van der Waals surface area contributed by atoms with Gasteiger partial charge in [-0.05, 0) is 48.1 Å². The van der Waals surface area contributed by atoms with Crippen LogP contribution in [0.4, 0.5) is 5.69 Å². The van der Waals surface area contributed by atoms with E-state index < -0.39 is 0 Å². The third-order valence-electron chi connectivity index (χ3n) is 2.18. The number of benzene rings is 1. The summed E-state index contributed by atoms with van der Waals surface area (Å²) >= 11 is 2.24. The Morgan fingerprint density at radius 3 is 2.69 bits per heavy atom. The highest BCUT2D eigenvalue weighted by atomic mass is 127. The van der Waals surface area contributed by atoms with Gasteiger partial charge in [-0.15, -0.1) is 0 Å². The molecule has 0 saturated heterocycles. The number of halogens is 1. The Morgan fingerprint density at radius 1 is 1.44 bits per heavy atom. The summed E-state index contributed by atoms with van der Waals surface area (Å²) in [6.07, 6.45) is 0.712. The standard InChI is InChI=1S/C12H16INO2/c1-3-10(12(15)16-4-2)14-11-8-6-5-7-9(11)13/h5-8,10,14H,3-4H2,1-2H3. The van der Waals surface area contributed by atoms with Gasteiger partial charge in [-0.1, -0.05) is 19.1 Å². The first-order valence-electron chi connectivity index (χ1n) is 5.36. The van der Waals surface area contributed by atoms with Gasteiger partial charge >= 0.3 is 5.97 Å². The lowest BCUT2D eigenvalue weighted by atomic mass is 10.2. The van der Waals surface area contributed by atoms with Gasteiger partial charge in [-0.25, -0.2) is 4.79 Å². The highest BCUT2D eigenvalue weighted by Gasteiger charge is 2.17. The number of carbonyl (C=O) groups is 1. The molecule has 1 unspecified atom stereocenters. The van der Waals surface area contributed by atoms with Gasteiger partial charge in [0.15, 0.2) is 0 Å². The van der Waals surface area contributed by atoms with Crippen molar-refractivity contribution in [2.75, 3.05) is 11.9 Å². The molecule has 88 valence electrons. The molecule has 0 radical (unpaired) electrons. The third-order valence-corrected chi connectivity index (χ3v) is 3.12. The van der Waals surface area contributed by atoms with Crippen molar-refractivity contribution in [1.29, 1.82) is 0 Å². The Morgan fingerprint density at radius 2 is 2.12 bits per heavy atom. The van der Waals surface area contributed by atoms with Gasteiger partial charge in [0.1, 0.15) is 6.04 Å². The van der Waals surface area contributed by atoms with E-state index in [1.807, 2.05) is 38.1 Å². The molecule has 0 aliphatic rings. The van der Waals surface area contributed by atoms with Crippen LogP contribution in [0.1, 0.15) is 20.3 Å². The van der Waals surface area contributed by atoms with E-state index in [0.29, 0.717) is 13.0 Å². The maximum Gasteiger partial charge on any atom is 0.328 e. The highest BCUT2D eigenvalue weighted by Crippen LogP contribution is 2.18. The molecular weight excluding hydrogens is 317 g/mol. The maximum absolute atomic E-state index is 11.6. The predicted molar refractivity (Wildman–Crippen MR) is 73.5 cm³/mol. The second kappa shape index (κ2) is 6.73. The summed E-state index contributed by atoms with van der Waals surface area (Å²) in [4.78, 5) is 11.6. The summed E-state index contributed by atoms with van der Waals surface area (Å²) in [7, 11) is 0. The molecule has 0 aliphatic carbocycles. The van der Waals surface area contributed by atoms with Gasteiger partial charge in [0, 0.05) is 9.26 Å². The fourth-order valence-corrected chi connectivity index (χ4v) is 1.88. The average molecular weight is 333 g/mol. The number of anilines is 1.